The highest BCUT2D eigenvalue weighted by molar-refractivity contribution is 5.29. The summed E-state index contributed by atoms with van der Waals surface area (Å²) in [6, 6.07) is 0. The van der Waals surface area contributed by atoms with Crippen LogP contribution in [-0.4, -0.2) is 0 Å². The zero-order chi connectivity index (χ0) is 15.4. The zero-order valence-corrected chi connectivity index (χ0v) is 14.9. The molecule has 2 saturated carbocycles. The van der Waals surface area contributed by atoms with Crippen molar-refractivity contribution in [3.8, 4) is 0 Å². The highest BCUT2D eigenvalue weighted by atomic mass is 14.6. The fourth-order valence-electron chi connectivity index (χ4n) is 5.18. The van der Waals surface area contributed by atoms with Crippen molar-refractivity contribution in [1.82, 2.24) is 0 Å². The lowest BCUT2D eigenvalue weighted by Crippen LogP contribution is -2.44. The molecule has 4 atom stereocenters. The molecule has 0 aromatic rings. The fraction of sp³-hybridized carbons (Fsp3) is 0.810. The maximum absolute atomic E-state index is 2.57. The molecule has 118 valence electrons. The summed E-state index contributed by atoms with van der Waals surface area (Å²) >= 11 is 0. The first-order valence-electron chi connectivity index (χ1n) is 9.12. The summed E-state index contributed by atoms with van der Waals surface area (Å²) in [5.41, 5.74) is 2.59. The van der Waals surface area contributed by atoms with Crippen molar-refractivity contribution in [2.24, 2.45) is 40.4 Å². The quantitative estimate of drug-likeness (QED) is 0.524. The van der Waals surface area contributed by atoms with Gasteiger partial charge >= 0.3 is 0 Å². The van der Waals surface area contributed by atoms with Crippen molar-refractivity contribution in [3.63, 3.8) is 0 Å². The molecule has 0 amide bonds. The van der Waals surface area contributed by atoms with Crippen molar-refractivity contribution in [1.29, 1.82) is 0 Å². The summed E-state index contributed by atoms with van der Waals surface area (Å²) in [4.78, 5) is 0. The molecule has 0 aliphatic heterocycles. The van der Waals surface area contributed by atoms with Crippen LogP contribution < -0.4 is 0 Å². The third kappa shape index (κ3) is 2.25. The topological polar surface area (TPSA) is 0 Å². The Bertz CT molecular complexity index is 458. The first-order valence-corrected chi connectivity index (χ1v) is 9.12. The van der Waals surface area contributed by atoms with Crippen LogP contribution in [0.2, 0.25) is 0 Å². The summed E-state index contributed by atoms with van der Waals surface area (Å²) < 4.78 is 0. The maximum Gasteiger partial charge on any atom is 0.00397 e. The molecule has 4 unspecified atom stereocenters. The second kappa shape index (κ2) is 5.00. The van der Waals surface area contributed by atoms with Crippen molar-refractivity contribution in [2.75, 3.05) is 0 Å². The number of hydrogen-bond acceptors (Lipinski definition) is 0. The van der Waals surface area contributed by atoms with Gasteiger partial charge in [0.1, 0.15) is 0 Å². The molecule has 0 saturated heterocycles. The van der Waals surface area contributed by atoms with E-state index in [2.05, 4.69) is 59.8 Å². The molecular formula is C21H34. The number of hydrogen-bond donors (Lipinski definition) is 0. The van der Waals surface area contributed by atoms with E-state index in [0.29, 0.717) is 10.8 Å². The summed E-state index contributed by atoms with van der Waals surface area (Å²) in [6.45, 7) is 14.7. The Morgan fingerprint density at radius 2 is 1.76 bits per heavy atom. The fourth-order valence-corrected chi connectivity index (χ4v) is 5.18. The van der Waals surface area contributed by atoms with E-state index in [1.807, 2.05) is 0 Å². The van der Waals surface area contributed by atoms with Crippen LogP contribution in [0, 0.1) is 40.4 Å². The van der Waals surface area contributed by atoms with Gasteiger partial charge in [0, 0.05) is 5.92 Å². The summed E-state index contributed by atoms with van der Waals surface area (Å²) in [5.74, 6) is 4.44. The van der Waals surface area contributed by atoms with Gasteiger partial charge in [-0.2, -0.15) is 0 Å². The van der Waals surface area contributed by atoms with Crippen LogP contribution in [0.25, 0.3) is 0 Å². The smallest absolute Gasteiger partial charge is 0.00397 e. The van der Waals surface area contributed by atoms with E-state index in [9.17, 15) is 0 Å². The molecule has 0 aromatic carbocycles. The molecular weight excluding hydrogens is 252 g/mol. The van der Waals surface area contributed by atoms with Crippen molar-refractivity contribution in [3.05, 3.63) is 23.8 Å². The summed E-state index contributed by atoms with van der Waals surface area (Å²) in [6.07, 6.45) is 13.1. The third-order valence-corrected chi connectivity index (χ3v) is 7.84. The van der Waals surface area contributed by atoms with Gasteiger partial charge in [0.2, 0.25) is 0 Å². The lowest BCUT2D eigenvalue weighted by Gasteiger charge is -2.52. The molecule has 0 heteroatoms. The minimum Gasteiger partial charge on any atom is -0.0910 e. The maximum atomic E-state index is 2.57. The second-order valence-corrected chi connectivity index (χ2v) is 9.12. The average Bonchev–Trinajstić information content (AvgIpc) is 3.10. The van der Waals surface area contributed by atoms with Crippen LogP contribution in [-0.2, 0) is 0 Å². The molecule has 2 fully saturated rings. The SMILES string of the molecule is CC=CC1C(C)=CC1C1CC1C(C)(C)C(C)(C)C1CCC1. The van der Waals surface area contributed by atoms with E-state index in [1.54, 1.807) is 5.57 Å². The Kier molecular flexibility index (Phi) is 3.66. The van der Waals surface area contributed by atoms with Gasteiger partial charge in [-0.1, -0.05) is 57.9 Å². The lowest BCUT2D eigenvalue weighted by molar-refractivity contribution is -0.0228. The third-order valence-electron chi connectivity index (χ3n) is 7.84. The van der Waals surface area contributed by atoms with Crippen LogP contribution in [0.15, 0.2) is 23.8 Å². The molecule has 21 heavy (non-hydrogen) atoms. The van der Waals surface area contributed by atoms with E-state index < -0.39 is 0 Å². The van der Waals surface area contributed by atoms with Gasteiger partial charge in [0.15, 0.2) is 0 Å². The van der Waals surface area contributed by atoms with Gasteiger partial charge in [-0.3, -0.25) is 0 Å². The van der Waals surface area contributed by atoms with Crippen LogP contribution in [0.1, 0.15) is 67.2 Å². The monoisotopic (exact) mass is 286 g/mol. The van der Waals surface area contributed by atoms with Gasteiger partial charge < -0.3 is 0 Å². The van der Waals surface area contributed by atoms with Crippen LogP contribution >= 0.6 is 0 Å². The molecule has 0 radical (unpaired) electrons. The summed E-state index contributed by atoms with van der Waals surface area (Å²) in [7, 11) is 0. The molecule has 3 aliphatic carbocycles. The van der Waals surface area contributed by atoms with Crippen LogP contribution in [0.4, 0.5) is 0 Å². The molecule has 0 aromatic heterocycles. The largest absolute Gasteiger partial charge is 0.0910 e. The van der Waals surface area contributed by atoms with Crippen LogP contribution in [0.5, 0.6) is 0 Å². The molecule has 3 rings (SSSR count). The second-order valence-electron chi connectivity index (χ2n) is 9.12. The van der Waals surface area contributed by atoms with Crippen LogP contribution in [0.3, 0.4) is 0 Å². The minimum atomic E-state index is 0.487. The Hall–Kier alpha value is -0.520. The molecule has 0 spiro atoms. The van der Waals surface area contributed by atoms with E-state index in [4.69, 9.17) is 0 Å². The van der Waals surface area contributed by atoms with Crippen molar-refractivity contribution < 1.29 is 0 Å². The Labute approximate surface area is 132 Å². The van der Waals surface area contributed by atoms with Gasteiger partial charge in [-0.25, -0.2) is 0 Å². The van der Waals surface area contributed by atoms with Crippen molar-refractivity contribution in [2.45, 2.75) is 67.2 Å². The van der Waals surface area contributed by atoms with Gasteiger partial charge in [0.05, 0.1) is 0 Å². The van der Waals surface area contributed by atoms with E-state index in [-0.39, 0.29) is 0 Å². The minimum absolute atomic E-state index is 0.487. The molecule has 0 heterocycles. The highest BCUT2D eigenvalue weighted by Gasteiger charge is 2.59. The molecule has 0 bridgehead atoms. The van der Waals surface area contributed by atoms with E-state index in [1.165, 1.54) is 25.7 Å². The standard InChI is InChI=1S/C21H34/c1-7-9-16-14(2)12-17(16)18-13-19(18)21(5,6)20(3,4)15-10-8-11-15/h7,9,12,15-19H,8,10-11,13H2,1-6H3. The predicted octanol–water partition coefficient (Wildman–Crippen LogP) is 6.24. The first-order chi connectivity index (χ1) is 9.80. The van der Waals surface area contributed by atoms with Crippen molar-refractivity contribution >= 4 is 0 Å². The number of allylic oxidation sites excluding steroid dienone is 4. The zero-order valence-electron chi connectivity index (χ0n) is 14.9. The molecule has 3 aliphatic rings. The normalized spacial score (nSPS) is 37.1. The Morgan fingerprint density at radius 3 is 2.24 bits per heavy atom. The Morgan fingerprint density at radius 1 is 1.10 bits per heavy atom. The van der Waals surface area contributed by atoms with Gasteiger partial charge in [-0.05, 0) is 67.6 Å². The molecule has 0 nitrogen and oxygen atoms in total. The Balaban J connectivity index is 1.69. The van der Waals surface area contributed by atoms with E-state index in [0.717, 1.165) is 29.6 Å². The highest BCUT2D eigenvalue weighted by Crippen LogP contribution is 2.66. The lowest BCUT2D eigenvalue weighted by atomic mass is 9.53. The summed E-state index contributed by atoms with van der Waals surface area (Å²) in [5, 5.41) is 0. The molecule has 0 N–H and O–H groups in total. The number of rotatable bonds is 5. The average molecular weight is 287 g/mol. The first kappa shape index (κ1) is 15.4. The van der Waals surface area contributed by atoms with E-state index >= 15 is 0 Å². The van der Waals surface area contributed by atoms with Gasteiger partial charge in [0.25, 0.3) is 0 Å². The van der Waals surface area contributed by atoms with Gasteiger partial charge in [-0.15, -0.1) is 0 Å². The predicted molar refractivity (Wildman–Crippen MR) is 92.1 cm³/mol.